The van der Waals surface area contributed by atoms with Crippen LogP contribution in [0.5, 0.6) is 0 Å². The topological polar surface area (TPSA) is 56.7 Å². The first kappa shape index (κ1) is 17.4. The second-order valence-electron chi connectivity index (χ2n) is 6.39. The van der Waals surface area contributed by atoms with Gasteiger partial charge in [-0.15, -0.1) is 0 Å². The van der Waals surface area contributed by atoms with Gasteiger partial charge in [-0.1, -0.05) is 24.3 Å². The Morgan fingerprint density at radius 2 is 1.80 bits per heavy atom. The summed E-state index contributed by atoms with van der Waals surface area (Å²) in [7, 11) is 0. The van der Waals surface area contributed by atoms with E-state index in [1.807, 2.05) is 24.0 Å². The van der Waals surface area contributed by atoms with Gasteiger partial charge in [0.2, 0.25) is 0 Å². The van der Waals surface area contributed by atoms with Gasteiger partial charge < -0.3 is 10.0 Å². The minimum Gasteiger partial charge on any atom is -0.480 e. The van der Waals surface area contributed by atoms with Crippen molar-refractivity contribution >= 4 is 11.8 Å². The highest BCUT2D eigenvalue weighted by Crippen LogP contribution is 2.28. The van der Waals surface area contributed by atoms with Gasteiger partial charge in [0.15, 0.2) is 0 Å². The second-order valence-corrected chi connectivity index (χ2v) is 6.39. The maximum absolute atomic E-state index is 14.5. The number of piperazine rings is 1. The number of aromatic nitrogens is 1. The van der Waals surface area contributed by atoms with E-state index in [1.165, 1.54) is 0 Å². The number of benzene rings is 1. The molecule has 1 fully saturated rings. The molecule has 6 heteroatoms. The van der Waals surface area contributed by atoms with Gasteiger partial charge in [-0.2, -0.15) is 0 Å². The lowest BCUT2D eigenvalue weighted by Crippen LogP contribution is -2.49. The number of hydrogen-bond acceptors (Lipinski definition) is 4. The number of pyridine rings is 1. The standard InChI is InChI=1S/C19H22FN3O2/c1-13-5-3-7-15(16(13)20)17(19(24)25)22-9-11-23(12-10-22)18-14(2)6-4-8-21-18/h3-8,17H,9-12H2,1-2H3,(H,24,25)/t17-/m0/s1. The average Bonchev–Trinajstić information content (AvgIpc) is 2.60. The number of nitrogens with zero attached hydrogens (tertiary/aromatic N) is 3. The van der Waals surface area contributed by atoms with Crippen LogP contribution < -0.4 is 4.90 Å². The molecule has 1 aliphatic heterocycles. The van der Waals surface area contributed by atoms with Gasteiger partial charge in [0, 0.05) is 37.9 Å². The highest BCUT2D eigenvalue weighted by molar-refractivity contribution is 5.76. The van der Waals surface area contributed by atoms with Crippen molar-refractivity contribution in [2.24, 2.45) is 0 Å². The zero-order valence-corrected chi connectivity index (χ0v) is 14.4. The zero-order valence-electron chi connectivity index (χ0n) is 14.4. The van der Waals surface area contributed by atoms with E-state index < -0.39 is 17.8 Å². The van der Waals surface area contributed by atoms with Crippen molar-refractivity contribution in [2.45, 2.75) is 19.9 Å². The van der Waals surface area contributed by atoms with Crippen LogP contribution in [0.3, 0.4) is 0 Å². The smallest absolute Gasteiger partial charge is 0.325 e. The van der Waals surface area contributed by atoms with Crippen LogP contribution in [-0.2, 0) is 4.79 Å². The van der Waals surface area contributed by atoms with Crippen LogP contribution in [0.2, 0.25) is 0 Å². The summed E-state index contributed by atoms with van der Waals surface area (Å²) < 4.78 is 14.5. The summed E-state index contributed by atoms with van der Waals surface area (Å²) in [6.07, 6.45) is 1.76. The summed E-state index contributed by atoms with van der Waals surface area (Å²) >= 11 is 0. The van der Waals surface area contributed by atoms with Gasteiger partial charge in [0.1, 0.15) is 17.7 Å². The molecule has 2 heterocycles. The van der Waals surface area contributed by atoms with Crippen molar-refractivity contribution in [3.63, 3.8) is 0 Å². The molecule has 0 amide bonds. The Morgan fingerprint density at radius 3 is 2.44 bits per heavy atom. The Bertz CT molecular complexity index is 773. The monoisotopic (exact) mass is 343 g/mol. The molecule has 0 aliphatic carbocycles. The number of carbonyl (C=O) groups is 1. The quantitative estimate of drug-likeness (QED) is 0.925. The SMILES string of the molecule is Cc1cccnc1N1CCN([C@H](C(=O)O)c2cccc(C)c2F)CC1. The minimum absolute atomic E-state index is 0.231. The third-order valence-electron chi connectivity index (χ3n) is 4.71. The third kappa shape index (κ3) is 3.49. The lowest BCUT2D eigenvalue weighted by Gasteiger charge is -2.38. The predicted molar refractivity (Wildman–Crippen MR) is 94.3 cm³/mol. The van der Waals surface area contributed by atoms with Crippen LogP contribution in [0.25, 0.3) is 0 Å². The van der Waals surface area contributed by atoms with Gasteiger partial charge >= 0.3 is 5.97 Å². The van der Waals surface area contributed by atoms with E-state index in [0.29, 0.717) is 31.7 Å². The largest absolute Gasteiger partial charge is 0.480 e. The van der Waals surface area contributed by atoms with E-state index in [-0.39, 0.29) is 5.56 Å². The summed E-state index contributed by atoms with van der Waals surface area (Å²) in [5.41, 5.74) is 1.79. The molecule has 1 atom stereocenters. The number of rotatable bonds is 4. The van der Waals surface area contributed by atoms with Crippen LogP contribution in [0.1, 0.15) is 22.7 Å². The first-order valence-electron chi connectivity index (χ1n) is 8.37. The van der Waals surface area contributed by atoms with Gasteiger partial charge in [0.25, 0.3) is 0 Å². The molecule has 1 N–H and O–H groups in total. The first-order chi connectivity index (χ1) is 12.0. The molecule has 0 bridgehead atoms. The van der Waals surface area contributed by atoms with Crippen molar-refractivity contribution in [3.8, 4) is 0 Å². The first-order valence-corrected chi connectivity index (χ1v) is 8.37. The molecule has 2 aromatic rings. The Balaban J connectivity index is 1.79. The number of anilines is 1. The molecule has 0 spiro atoms. The van der Waals surface area contributed by atoms with E-state index in [0.717, 1.165) is 11.4 Å². The second kappa shape index (κ2) is 7.19. The summed E-state index contributed by atoms with van der Waals surface area (Å²) in [5.74, 6) is -0.527. The Hall–Kier alpha value is -2.47. The Kier molecular flexibility index (Phi) is 4.99. The van der Waals surface area contributed by atoms with E-state index in [4.69, 9.17) is 0 Å². The van der Waals surface area contributed by atoms with Crippen molar-refractivity contribution in [3.05, 3.63) is 59.0 Å². The lowest BCUT2D eigenvalue weighted by molar-refractivity contribution is -0.143. The van der Waals surface area contributed by atoms with Crippen LogP contribution in [-0.4, -0.2) is 47.1 Å². The molecule has 1 aliphatic rings. The van der Waals surface area contributed by atoms with E-state index in [1.54, 1.807) is 31.3 Å². The highest BCUT2D eigenvalue weighted by Gasteiger charge is 2.32. The lowest BCUT2D eigenvalue weighted by atomic mass is 10.0. The fourth-order valence-corrected chi connectivity index (χ4v) is 3.37. The number of hydrogen-bond donors (Lipinski definition) is 1. The van der Waals surface area contributed by atoms with Gasteiger partial charge in [0.05, 0.1) is 0 Å². The molecular weight excluding hydrogens is 321 g/mol. The fourth-order valence-electron chi connectivity index (χ4n) is 3.37. The molecule has 132 valence electrons. The molecule has 0 saturated carbocycles. The van der Waals surface area contributed by atoms with Crippen LogP contribution in [0.4, 0.5) is 10.2 Å². The van der Waals surface area contributed by atoms with Gasteiger partial charge in [-0.3, -0.25) is 9.69 Å². The molecular formula is C19H22FN3O2. The highest BCUT2D eigenvalue weighted by atomic mass is 19.1. The summed E-state index contributed by atoms with van der Waals surface area (Å²) in [6, 6.07) is 7.87. The average molecular weight is 343 g/mol. The maximum atomic E-state index is 14.5. The molecule has 1 saturated heterocycles. The summed E-state index contributed by atoms with van der Waals surface area (Å²) in [5, 5.41) is 9.69. The zero-order chi connectivity index (χ0) is 18.0. The molecule has 0 radical (unpaired) electrons. The minimum atomic E-state index is -1.02. The number of halogens is 1. The maximum Gasteiger partial charge on any atom is 0.325 e. The predicted octanol–water partition coefficient (Wildman–Crippen LogP) is 2.79. The summed E-state index contributed by atoms with van der Waals surface area (Å²) in [6.45, 7) is 6.07. The molecule has 25 heavy (non-hydrogen) atoms. The van der Waals surface area contributed by atoms with Gasteiger partial charge in [-0.05, 0) is 31.0 Å². The fraction of sp³-hybridized carbons (Fsp3) is 0.368. The molecule has 0 unspecified atom stereocenters. The van der Waals surface area contributed by atoms with Crippen molar-refractivity contribution in [2.75, 3.05) is 31.1 Å². The van der Waals surface area contributed by atoms with Crippen LogP contribution in [0.15, 0.2) is 36.5 Å². The number of aryl methyl sites for hydroxylation is 2. The third-order valence-corrected chi connectivity index (χ3v) is 4.71. The molecule has 1 aromatic heterocycles. The van der Waals surface area contributed by atoms with Crippen molar-refractivity contribution in [1.29, 1.82) is 0 Å². The van der Waals surface area contributed by atoms with Crippen molar-refractivity contribution < 1.29 is 14.3 Å². The summed E-state index contributed by atoms with van der Waals surface area (Å²) in [4.78, 5) is 20.2. The Labute approximate surface area is 146 Å². The van der Waals surface area contributed by atoms with E-state index in [9.17, 15) is 14.3 Å². The van der Waals surface area contributed by atoms with E-state index >= 15 is 0 Å². The normalized spacial score (nSPS) is 16.7. The Morgan fingerprint density at radius 1 is 1.12 bits per heavy atom. The van der Waals surface area contributed by atoms with Crippen LogP contribution in [0, 0.1) is 19.7 Å². The molecule has 5 nitrogen and oxygen atoms in total. The van der Waals surface area contributed by atoms with Crippen molar-refractivity contribution in [1.82, 2.24) is 9.88 Å². The van der Waals surface area contributed by atoms with Crippen LogP contribution >= 0.6 is 0 Å². The number of aliphatic carboxylic acids is 1. The van der Waals surface area contributed by atoms with E-state index in [2.05, 4.69) is 9.88 Å². The van der Waals surface area contributed by atoms with Gasteiger partial charge in [-0.25, -0.2) is 9.37 Å². The molecule has 1 aromatic carbocycles. The number of carboxylic acid groups (broad SMARTS) is 1. The number of carboxylic acids is 1. The molecule has 3 rings (SSSR count).